The van der Waals surface area contributed by atoms with Crippen LogP contribution < -0.4 is 8.37 Å². The Morgan fingerprint density at radius 1 is 1.06 bits per heavy atom. The molecule has 0 N–H and O–H groups in total. The second-order valence-electron chi connectivity index (χ2n) is 2.97. The summed E-state index contributed by atoms with van der Waals surface area (Å²) in [6.45, 7) is 0. The third kappa shape index (κ3) is 2.23. The molecule has 1 aliphatic rings. The van der Waals surface area contributed by atoms with Crippen molar-refractivity contribution >= 4 is 31.8 Å². The smallest absolute Gasteiger partial charge is 0.327 e. The van der Waals surface area contributed by atoms with Gasteiger partial charge in [0.2, 0.25) is 10.8 Å². The second-order valence-corrected chi connectivity index (χ2v) is 6.88. The molecule has 0 aromatic heterocycles. The number of hydrogen-bond acceptors (Lipinski definition) is 6. The highest BCUT2D eigenvalue weighted by atomic mass is 35.5. The first-order chi connectivity index (χ1) is 7.29. The third-order valence-electron chi connectivity index (χ3n) is 1.65. The Kier molecular flexibility index (Phi) is 2.52. The monoisotopic (exact) mass is 284 g/mol. The van der Waals surface area contributed by atoms with Crippen LogP contribution in [-0.4, -0.2) is 21.9 Å². The molecular formula is C7H5ClO6S2. The highest BCUT2D eigenvalue weighted by Crippen LogP contribution is 2.38. The first-order valence-corrected chi connectivity index (χ1v) is 7.45. The van der Waals surface area contributed by atoms with E-state index >= 15 is 0 Å². The molecule has 0 unspecified atom stereocenters. The van der Waals surface area contributed by atoms with E-state index < -0.39 is 25.3 Å². The molecule has 9 heteroatoms. The Bertz CT molecular complexity index is 633. The van der Waals surface area contributed by atoms with Gasteiger partial charge in [0.25, 0.3) is 0 Å². The molecule has 0 atom stereocenters. The third-order valence-corrected chi connectivity index (χ3v) is 5.11. The van der Waals surface area contributed by atoms with Gasteiger partial charge in [-0.2, -0.15) is 16.8 Å². The summed E-state index contributed by atoms with van der Waals surface area (Å²) in [5.41, 5.74) is 0. The molecule has 0 aliphatic carbocycles. The second kappa shape index (κ2) is 3.51. The predicted molar refractivity (Wildman–Crippen MR) is 55.4 cm³/mol. The summed E-state index contributed by atoms with van der Waals surface area (Å²) in [5.74, 6) is -0.557. The Balaban J connectivity index is 2.70. The predicted octanol–water partition coefficient (Wildman–Crippen LogP) is 0.728. The van der Waals surface area contributed by atoms with Crippen LogP contribution in [0.2, 0.25) is 5.02 Å². The van der Waals surface area contributed by atoms with Crippen molar-refractivity contribution in [2.24, 2.45) is 0 Å². The number of fused-ring (bicyclic) bond motifs is 1. The van der Waals surface area contributed by atoms with Gasteiger partial charge in [0.1, 0.15) is 0 Å². The van der Waals surface area contributed by atoms with Crippen LogP contribution >= 0.6 is 11.6 Å². The summed E-state index contributed by atoms with van der Waals surface area (Å²) in [4.78, 5) is 0. The lowest BCUT2D eigenvalue weighted by molar-refractivity contribution is 0.472. The van der Waals surface area contributed by atoms with E-state index in [0.29, 0.717) is 0 Å². The van der Waals surface area contributed by atoms with Gasteiger partial charge in [0.15, 0.2) is 5.75 Å². The molecule has 1 aliphatic heterocycles. The van der Waals surface area contributed by atoms with Crippen molar-refractivity contribution in [3.05, 3.63) is 23.2 Å². The molecule has 1 heterocycles. The van der Waals surface area contributed by atoms with E-state index in [0.717, 1.165) is 0 Å². The van der Waals surface area contributed by atoms with E-state index in [4.69, 9.17) is 11.6 Å². The maximum absolute atomic E-state index is 11.3. The van der Waals surface area contributed by atoms with Crippen LogP contribution in [0.15, 0.2) is 18.2 Å². The van der Waals surface area contributed by atoms with Crippen LogP contribution in [0.25, 0.3) is 0 Å². The maximum Gasteiger partial charge on any atom is 0.327 e. The lowest BCUT2D eigenvalue weighted by Gasteiger charge is -2.05. The summed E-state index contributed by atoms with van der Waals surface area (Å²) in [5, 5.41) is -1.29. The summed E-state index contributed by atoms with van der Waals surface area (Å²) in [7, 11) is -8.49. The molecule has 0 amide bonds. The first kappa shape index (κ1) is 11.5. The molecule has 0 spiro atoms. The van der Waals surface area contributed by atoms with E-state index in [9.17, 15) is 16.8 Å². The van der Waals surface area contributed by atoms with Crippen molar-refractivity contribution in [1.82, 2.24) is 0 Å². The topological polar surface area (TPSA) is 86.7 Å². The quantitative estimate of drug-likeness (QED) is 0.653. The summed E-state index contributed by atoms with van der Waals surface area (Å²) < 4.78 is 54.1. The number of rotatable bonds is 0. The Morgan fingerprint density at radius 3 is 2.38 bits per heavy atom. The maximum atomic E-state index is 11.3. The molecule has 0 radical (unpaired) electrons. The minimum absolute atomic E-state index is 0.0434. The molecule has 0 bridgehead atoms. The van der Waals surface area contributed by atoms with Gasteiger partial charge in [0, 0.05) is 0 Å². The average Bonchev–Trinajstić information content (AvgIpc) is 2.17. The van der Waals surface area contributed by atoms with Gasteiger partial charge in [0.05, 0.1) is 5.02 Å². The first-order valence-electron chi connectivity index (χ1n) is 3.92. The molecule has 2 rings (SSSR count). The van der Waals surface area contributed by atoms with Crippen LogP contribution in [0, 0.1) is 0 Å². The summed E-state index contributed by atoms with van der Waals surface area (Å²) in [6, 6.07) is 4.02. The zero-order chi connectivity index (χ0) is 12.0. The van der Waals surface area contributed by atoms with Crippen LogP contribution in [0.1, 0.15) is 0 Å². The number of benzene rings is 1. The summed E-state index contributed by atoms with van der Waals surface area (Å²) in [6.07, 6.45) is 0. The van der Waals surface area contributed by atoms with E-state index in [1.54, 1.807) is 0 Å². The average molecular weight is 285 g/mol. The van der Waals surface area contributed by atoms with Crippen molar-refractivity contribution in [2.45, 2.75) is 0 Å². The van der Waals surface area contributed by atoms with Gasteiger partial charge in [-0.3, -0.25) is 0 Å². The van der Waals surface area contributed by atoms with Crippen molar-refractivity contribution < 1.29 is 25.2 Å². The van der Waals surface area contributed by atoms with Gasteiger partial charge >= 0.3 is 20.2 Å². The Labute approximate surface area is 97.0 Å². The van der Waals surface area contributed by atoms with Gasteiger partial charge in [-0.1, -0.05) is 17.7 Å². The lowest BCUT2D eigenvalue weighted by Crippen LogP contribution is -2.21. The molecule has 88 valence electrons. The highest BCUT2D eigenvalue weighted by molar-refractivity contribution is 8.04. The normalized spacial score (nSPS) is 21.1. The minimum Gasteiger partial charge on any atom is -0.377 e. The molecule has 0 fully saturated rings. The number of para-hydroxylation sites is 1. The van der Waals surface area contributed by atoms with Gasteiger partial charge in [-0.25, -0.2) is 0 Å². The minimum atomic E-state index is -4.26. The fourth-order valence-electron chi connectivity index (χ4n) is 1.12. The van der Waals surface area contributed by atoms with Crippen molar-refractivity contribution in [2.75, 3.05) is 5.08 Å². The molecule has 6 nitrogen and oxygen atoms in total. The molecular weight excluding hydrogens is 280 g/mol. The van der Waals surface area contributed by atoms with Crippen molar-refractivity contribution in [1.29, 1.82) is 0 Å². The standard InChI is InChI=1S/C7H5ClO6S2/c8-5-2-1-3-6-7(5)14-16(11,12)4-15(9,10)13-6/h1-3H,4H2. The Morgan fingerprint density at radius 2 is 1.69 bits per heavy atom. The molecule has 1 aromatic rings. The fourth-order valence-corrected chi connectivity index (χ4v) is 4.00. The van der Waals surface area contributed by atoms with Gasteiger partial charge < -0.3 is 8.37 Å². The van der Waals surface area contributed by atoms with Crippen LogP contribution in [0.4, 0.5) is 0 Å². The summed E-state index contributed by atoms with van der Waals surface area (Å²) >= 11 is 5.67. The number of hydrogen-bond donors (Lipinski definition) is 0. The number of halogens is 1. The van der Waals surface area contributed by atoms with Crippen LogP contribution in [0.3, 0.4) is 0 Å². The Hall–Kier alpha value is -0.990. The van der Waals surface area contributed by atoms with Crippen molar-refractivity contribution in [3.8, 4) is 11.5 Å². The fraction of sp³-hybridized carbons (Fsp3) is 0.143. The van der Waals surface area contributed by atoms with E-state index in [-0.39, 0.29) is 16.5 Å². The largest absolute Gasteiger partial charge is 0.377 e. The molecule has 0 saturated carbocycles. The highest BCUT2D eigenvalue weighted by Gasteiger charge is 2.33. The zero-order valence-corrected chi connectivity index (χ0v) is 9.97. The van der Waals surface area contributed by atoms with Crippen LogP contribution in [-0.2, 0) is 20.2 Å². The molecule has 0 saturated heterocycles. The SMILES string of the molecule is O=S1(=O)CS(=O)(=O)Oc2c(Cl)cccc2O1. The van der Waals surface area contributed by atoms with E-state index in [1.807, 2.05) is 0 Å². The van der Waals surface area contributed by atoms with Crippen LogP contribution in [0.5, 0.6) is 11.5 Å². The molecule has 1 aromatic carbocycles. The van der Waals surface area contributed by atoms with E-state index in [1.165, 1.54) is 18.2 Å². The van der Waals surface area contributed by atoms with E-state index in [2.05, 4.69) is 8.37 Å². The zero-order valence-electron chi connectivity index (χ0n) is 7.58. The van der Waals surface area contributed by atoms with Gasteiger partial charge in [-0.15, -0.1) is 0 Å². The molecule has 16 heavy (non-hydrogen) atoms. The van der Waals surface area contributed by atoms with Crippen molar-refractivity contribution in [3.63, 3.8) is 0 Å². The lowest BCUT2D eigenvalue weighted by atomic mass is 10.3. The van der Waals surface area contributed by atoms with Gasteiger partial charge in [-0.05, 0) is 12.1 Å².